The van der Waals surface area contributed by atoms with Crippen LogP contribution in [0, 0.1) is 0 Å². The van der Waals surface area contributed by atoms with E-state index >= 15 is 0 Å². The van der Waals surface area contributed by atoms with Crippen molar-refractivity contribution in [3.8, 4) is 22.8 Å². The van der Waals surface area contributed by atoms with E-state index in [9.17, 15) is 0 Å². The minimum atomic E-state index is 0.555. The number of hydrogen-bond acceptors (Lipinski definition) is 5. The van der Waals surface area contributed by atoms with Gasteiger partial charge in [-0.2, -0.15) is 0 Å². The monoisotopic (exact) mass is 326 g/mol. The molecule has 0 saturated heterocycles. The Kier molecular flexibility index (Phi) is 4.78. The molecule has 3 aromatic rings. The first kappa shape index (κ1) is 15.4. The largest absolute Gasteiger partial charge is 0.497 e. The van der Waals surface area contributed by atoms with Gasteiger partial charge in [0, 0.05) is 17.4 Å². The first-order valence-corrected chi connectivity index (χ1v) is 8.20. The van der Waals surface area contributed by atoms with Crippen molar-refractivity contribution < 1.29 is 9.47 Å². The number of anilines is 1. The Balaban J connectivity index is 1.62. The van der Waals surface area contributed by atoms with Crippen molar-refractivity contribution in [3.05, 3.63) is 58.9 Å². The number of aromatic nitrogens is 1. The molecular formula is C18H18N2O2S. The molecule has 5 heteroatoms. The SMILES string of the molecule is COc1cccc(-c2csc(CCOc3ccccc3N)n2)c1. The molecule has 3 rings (SSSR count). The number of benzene rings is 2. The lowest BCUT2D eigenvalue weighted by Gasteiger charge is -2.07. The third kappa shape index (κ3) is 3.81. The van der Waals surface area contributed by atoms with Crippen LogP contribution in [0.25, 0.3) is 11.3 Å². The fraction of sp³-hybridized carbons (Fsp3) is 0.167. The molecule has 1 aromatic heterocycles. The maximum absolute atomic E-state index is 5.86. The van der Waals surface area contributed by atoms with Gasteiger partial charge in [0.25, 0.3) is 0 Å². The van der Waals surface area contributed by atoms with Gasteiger partial charge in [-0.3, -0.25) is 0 Å². The summed E-state index contributed by atoms with van der Waals surface area (Å²) in [5, 5.41) is 3.10. The maximum atomic E-state index is 5.86. The Bertz CT molecular complexity index is 786. The first-order chi connectivity index (χ1) is 11.3. The molecule has 4 nitrogen and oxygen atoms in total. The zero-order valence-corrected chi connectivity index (χ0v) is 13.7. The molecule has 1 heterocycles. The predicted octanol–water partition coefficient (Wildman–Crippen LogP) is 4.02. The molecule has 0 spiro atoms. The van der Waals surface area contributed by atoms with Crippen molar-refractivity contribution in [3.63, 3.8) is 0 Å². The molecule has 118 valence electrons. The second kappa shape index (κ2) is 7.15. The number of methoxy groups -OCH3 is 1. The highest BCUT2D eigenvalue weighted by Gasteiger charge is 2.06. The third-order valence-electron chi connectivity index (χ3n) is 3.41. The average Bonchev–Trinajstić information content (AvgIpc) is 3.06. The zero-order valence-electron chi connectivity index (χ0n) is 12.9. The van der Waals surface area contributed by atoms with Crippen LogP contribution >= 0.6 is 11.3 Å². The van der Waals surface area contributed by atoms with Gasteiger partial charge in [-0.1, -0.05) is 24.3 Å². The summed E-state index contributed by atoms with van der Waals surface area (Å²) in [5.41, 5.74) is 8.53. The van der Waals surface area contributed by atoms with E-state index in [2.05, 4.69) is 10.4 Å². The van der Waals surface area contributed by atoms with Crippen LogP contribution in [0.15, 0.2) is 53.9 Å². The average molecular weight is 326 g/mol. The molecule has 0 aliphatic rings. The van der Waals surface area contributed by atoms with Crippen molar-refractivity contribution in [1.82, 2.24) is 4.98 Å². The van der Waals surface area contributed by atoms with Crippen molar-refractivity contribution in [2.75, 3.05) is 19.5 Å². The van der Waals surface area contributed by atoms with Crippen LogP contribution in [0.5, 0.6) is 11.5 Å². The van der Waals surface area contributed by atoms with E-state index in [1.807, 2.05) is 48.5 Å². The molecule has 0 radical (unpaired) electrons. The fourth-order valence-electron chi connectivity index (χ4n) is 2.20. The van der Waals surface area contributed by atoms with Gasteiger partial charge in [-0.25, -0.2) is 4.98 Å². The predicted molar refractivity (Wildman–Crippen MR) is 94.2 cm³/mol. The minimum Gasteiger partial charge on any atom is -0.497 e. The molecule has 0 unspecified atom stereocenters. The Labute approximate surface area is 139 Å². The van der Waals surface area contributed by atoms with Crippen LogP contribution in [0.1, 0.15) is 5.01 Å². The summed E-state index contributed by atoms with van der Waals surface area (Å²) >= 11 is 1.63. The highest BCUT2D eigenvalue weighted by molar-refractivity contribution is 7.09. The van der Waals surface area contributed by atoms with Gasteiger partial charge in [0.05, 0.1) is 30.1 Å². The van der Waals surface area contributed by atoms with E-state index in [1.165, 1.54) is 0 Å². The summed E-state index contributed by atoms with van der Waals surface area (Å²) in [6, 6.07) is 15.4. The van der Waals surface area contributed by atoms with Crippen LogP contribution in [0.2, 0.25) is 0 Å². The molecular weight excluding hydrogens is 308 g/mol. The lowest BCUT2D eigenvalue weighted by atomic mass is 10.2. The zero-order chi connectivity index (χ0) is 16.1. The summed E-state index contributed by atoms with van der Waals surface area (Å²) in [6.07, 6.45) is 0.753. The summed E-state index contributed by atoms with van der Waals surface area (Å²) in [7, 11) is 1.66. The Morgan fingerprint density at radius 3 is 2.83 bits per heavy atom. The smallest absolute Gasteiger partial charge is 0.142 e. The van der Waals surface area contributed by atoms with E-state index < -0.39 is 0 Å². The number of rotatable bonds is 6. The fourth-order valence-corrected chi connectivity index (χ4v) is 2.99. The number of nitrogens with zero attached hydrogens (tertiary/aromatic N) is 1. The van der Waals surface area contributed by atoms with Gasteiger partial charge >= 0.3 is 0 Å². The number of para-hydroxylation sites is 2. The highest BCUT2D eigenvalue weighted by atomic mass is 32.1. The van der Waals surface area contributed by atoms with Crippen LogP contribution in [0.3, 0.4) is 0 Å². The molecule has 0 fully saturated rings. The second-order valence-electron chi connectivity index (χ2n) is 4.99. The number of nitrogens with two attached hydrogens (primary N) is 1. The van der Waals surface area contributed by atoms with Crippen LogP contribution in [-0.4, -0.2) is 18.7 Å². The maximum Gasteiger partial charge on any atom is 0.142 e. The van der Waals surface area contributed by atoms with Crippen LogP contribution in [-0.2, 0) is 6.42 Å². The van der Waals surface area contributed by atoms with Gasteiger partial charge in [0.2, 0.25) is 0 Å². The number of thiazole rings is 1. The molecule has 0 atom stereocenters. The summed E-state index contributed by atoms with van der Waals surface area (Å²) in [4.78, 5) is 4.66. The molecule has 0 bridgehead atoms. The van der Waals surface area contributed by atoms with E-state index in [0.29, 0.717) is 12.3 Å². The summed E-state index contributed by atoms with van der Waals surface area (Å²) < 4.78 is 11.0. The number of hydrogen-bond donors (Lipinski definition) is 1. The minimum absolute atomic E-state index is 0.555. The van der Waals surface area contributed by atoms with Gasteiger partial charge in [-0.05, 0) is 24.3 Å². The molecule has 2 aromatic carbocycles. The molecule has 0 amide bonds. The molecule has 0 saturated carbocycles. The first-order valence-electron chi connectivity index (χ1n) is 7.32. The Hall–Kier alpha value is -2.53. The van der Waals surface area contributed by atoms with Gasteiger partial charge in [0.1, 0.15) is 11.5 Å². The van der Waals surface area contributed by atoms with Gasteiger partial charge in [-0.15, -0.1) is 11.3 Å². The number of ether oxygens (including phenoxy) is 2. The summed E-state index contributed by atoms with van der Waals surface area (Å²) in [6.45, 7) is 0.555. The third-order valence-corrected chi connectivity index (χ3v) is 4.32. The summed E-state index contributed by atoms with van der Waals surface area (Å²) in [5.74, 6) is 1.55. The number of nitrogen functional groups attached to an aromatic ring is 1. The van der Waals surface area contributed by atoms with E-state index in [0.717, 1.165) is 34.2 Å². The highest BCUT2D eigenvalue weighted by Crippen LogP contribution is 2.26. The topological polar surface area (TPSA) is 57.4 Å². The van der Waals surface area contributed by atoms with Crippen molar-refractivity contribution in [1.29, 1.82) is 0 Å². The molecule has 0 aliphatic heterocycles. The Morgan fingerprint density at radius 2 is 2.00 bits per heavy atom. The molecule has 23 heavy (non-hydrogen) atoms. The van der Waals surface area contributed by atoms with Gasteiger partial charge < -0.3 is 15.2 Å². The Morgan fingerprint density at radius 1 is 1.13 bits per heavy atom. The van der Waals surface area contributed by atoms with Gasteiger partial charge in [0.15, 0.2) is 0 Å². The quantitative estimate of drug-likeness (QED) is 0.695. The molecule has 2 N–H and O–H groups in total. The van der Waals surface area contributed by atoms with Crippen LogP contribution < -0.4 is 15.2 Å². The van der Waals surface area contributed by atoms with E-state index in [1.54, 1.807) is 18.4 Å². The van der Waals surface area contributed by atoms with Crippen molar-refractivity contribution >= 4 is 17.0 Å². The van der Waals surface area contributed by atoms with Crippen molar-refractivity contribution in [2.45, 2.75) is 6.42 Å². The van der Waals surface area contributed by atoms with Crippen molar-refractivity contribution in [2.24, 2.45) is 0 Å². The lowest BCUT2D eigenvalue weighted by molar-refractivity contribution is 0.323. The van der Waals surface area contributed by atoms with Crippen LogP contribution in [0.4, 0.5) is 5.69 Å². The second-order valence-corrected chi connectivity index (χ2v) is 5.94. The van der Waals surface area contributed by atoms with E-state index in [4.69, 9.17) is 15.2 Å². The normalized spacial score (nSPS) is 10.5. The standard InChI is InChI=1S/C18H18N2O2S/c1-21-14-6-4-5-13(11-14)16-12-23-18(20-16)9-10-22-17-8-3-2-7-15(17)19/h2-8,11-12H,9-10,19H2,1H3. The molecule has 0 aliphatic carbocycles. The van der Waals surface area contributed by atoms with E-state index in [-0.39, 0.29) is 0 Å². The lowest BCUT2D eigenvalue weighted by Crippen LogP contribution is -2.03.